The van der Waals surface area contributed by atoms with E-state index in [1.165, 1.54) is 24.3 Å². The monoisotopic (exact) mass is 265 g/mol. The Labute approximate surface area is 113 Å². The van der Waals surface area contributed by atoms with E-state index in [1.807, 2.05) is 0 Å². The van der Waals surface area contributed by atoms with Gasteiger partial charge in [0.1, 0.15) is 5.82 Å². The topological polar surface area (TPSA) is 40.5 Å². The Balaban J connectivity index is 2.01. The third-order valence-corrected chi connectivity index (χ3v) is 3.72. The minimum atomic E-state index is -0.334. The predicted molar refractivity (Wildman–Crippen MR) is 71.6 cm³/mol. The van der Waals surface area contributed by atoms with Crippen LogP contribution < -0.4 is 0 Å². The molecule has 1 atom stereocenters. The quantitative estimate of drug-likeness (QED) is 0.849. The second kappa shape index (κ2) is 6.78. The first kappa shape index (κ1) is 14.2. The van der Waals surface area contributed by atoms with Gasteiger partial charge in [0, 0.05) is 11.6 Å². The van der Waals surface area contributed by atoms with E-state index < -0.39 is 0 Å². The Kier molecular flexibility index (Phi) is 5.05. The predicted octanol–water partition coefficient (Wildman–Crippen LogP) is 2.25. The molecule has 0 amide bonds. The summed E-state index contributed by atoms with van der Waals surface area (Å²) in [6.45, 7) is 1.24. The van der Waals surface area contributed by atoms with E-state index >= 15 is 0 Å². The lowest BCUT2D eigenvalue weighted by Gasteiger charge is -2.27. The maximum atomic E-state index is 12.8. The number of likely N-dealkylation sites (tertiary alicyclic amines) is 1. The van der Waals surface area contributed by atoms with Crippen molar-refractivity contribution in [3.05, 3.63) is 35.6 Å². The maximum absolute atomic E-state index is 12.8. The van der Waals surface area contributed by atoms with Crippen LogP contribution >= 0.6 is 0 Å². The zero-order valence-electron chi connectivity index (χ0n) is 11.0. The first-order chi connectivity index (χ1) is 9.20. The highest BCUT2D eigenvalue weighted by Crippen LogP contribution is 2.17. The van der Waals surface area contributed by atoms with E-state index in [4.69, 9.17) is 0 Å². The molecule has 4 heteroatoms. The van der Waals surface area contributed by atoms with Crippen LogP contribution in [0, 0.1) is 5.82 Å². The van der Waals surface area contributed by atoms with Crippen LogP contribution in [0.25, 0.3) is 0 Å². The minimum absolute atomic E-state index is 0.0136. The molecule has 0 aromatic heterocycles. The van der Waals surface area contributed by atoms with Gasteiger partial charge in [-0.15, -0.1) is 0 Å². The number of carbonyl (C=O) groups excluding carboxylic acids is 1. The fraction of sp³-hybridized carbons (Fsp3) is 0.533. The fourth-order valence-corrected chi connectivity index (χ4v) is 2.56. The molecule has 0 aliphatic carbocycles. The minimum Gasteiger partial charge on any atom is -0.395 e. The molecule has 1 saturated heterocycles. The highest BCUT2D eigenvalue weighted by Gasteiger charge is 2.22. The molecule has 1 unspecified atom stereocenters. The van der Waals surface area contributed by atoms with E-state index in [2.05, 4.69) is 4.90 Å². The number of nitrogens with zero attached hydrogens (tertiary/aromatic N) is 1. The molecule has 1 fully saturated rings. The van der Waals surface area contributed by atoms with Crippen molar-refractivity contribution in [3.63, 3.8) is 0 Å². The van der Waals surface area contributed by atoms with Crippen LogP contribution in [-0.2, 0) is 0 Å². The second-order valence-corrected chi connectivity index (χ2v) is 5.09. The molecule has 3 nitrogen and oxygen atoms in total. The van der Waals surface area contributed by atoms with Crippen LogP contribution in [0.3, 0.4) is 0 Å². The van der Waals surface area contributed by atoms with Crippen molar-refractivity contribution in [1.82, 2.24) is 4.90 Å². The number of aliphatic hydroxyl groups excluding tert-OH is 1. The third-order valence-electron chi connectivity index (χ3n) is 3.72. The van der Waals surface area contributed by atoms with Crippen LogP contribution in [0.15, 0.2) is 24.3 Å². The van der Waals surface area contributed by atoms with Crippen molar-refractivity contribution in [1.29, 1.82) is 0 Å². The molecule has 1 aromatic rings. The summed E-state index contributed by atoms with van der Waals surface area (Å²) in [5.74, 6) is -0.347. The SMILES string of the molecule is O=C(CN1CCCCCC1CO)c1ccc(F)cc1. The number of rotatable bonds is 4. The molecular weight excluding hydrogens is 245 g/mol. The Hall–Kier alpha value is -1.26. The number of Topliss-reactive ketones (excluding diaryl/α,β-unsaturated/α-hetero) is 1. The van der Waals surface area contributed by atoms with Gasteiger partial charge in [0.25, 0.3) is 0 Å². The van der Waals surface area contributed by atoms with Crippen LogP contribution in [0.5, 0.6) is 0 Å². The van der Waals surface area contributed by atoms with E-state index in [0.717, 1.165) is 32.2 Å². The molecule has 1 heterocycles. The summed E-state index contributed by atoms with van der Waals surface area (Å²) in [5, 5.41) is 9.40. The van der Waals surface area contributed by atoms with Gasteiger partial charge in [-0.25, -0.2) is 4.39 Å². The smallest absolute Gasteiger partial charge is 0.176 e. The summed E-state index contributed by atoms with van der Waals surface area (Å²) in [7, 11) is 0. The summed E-state index contributed by atoms with van der Waals surface area (Å²) < 4.78 is 12.8. The number of ketones is 1. The number of halogens is 1. The number of benzene rings is 1. The van der Waals surface area contributed by atoms with Gasteiger partial charge in [-0.1, -0.05) is 12.8 Å². The average molecular weight is 265 g/mol. The summed E-state index contributed by atoms with van der Waals surface area (Å²) in [5.41, 5.74) is 0.530. The normalized spacial score (nSPS) is 21.1. The van der Waals surface area contributed by atoms with Gasteiger partial charge >= 0.3 is 0 Å². The van der Waals surface area contributed by atoms with Crippen LogP contribution in [-0.4, -0.2) is 41.5 Å². The summed E-state index contributed by atoms with van der Waals surface area (Å²) in [6.07, 6.45) is 4.25. The summed E-state index contributed by atoms with van der Waals surface area (Å²) in [4.78, 5) is 14.2. The van der Waals surface area contributed by atoms with Crippen LogP contribution in [0.1, 0.15) is 36.0 Å². The Morgan fingerprint density at radius 1 is 1.26 bits per heavy atom. The molecule has 0 radical (unpaired) electrons. The van der Waals surface area contributed by atoms with Gasteiger partial charge in [-0.05, 0) is 43.7 Å². The highest BCUT2D eigenvalue weighted by atomic mass is 19.1. The number of hydrogen-bond donors (Lipinski definition) is 1. The van der Waals surface area contributed by atoms with Crippen molar-refractivity contribution in [2.24, 2.45) is 0 Å². The molecule has 19 heavy (non-hydrogen) atoms. The lowest BCUT2D eigenvalue weighted by molar-refractivity contribution is 0.0826. The fourth-order valence-electron chi connectivity index (χ4n) is 2.56. The van der Waals surface area contributed by atoms with Gasteiger partial charge in [-0.2, -0.15) is 0 Å². The standard InChI is InChI=1S/C15H20FNO2/c16-13-7-5-12(6-8-13)15(19)10-17-9-3-1-2-4-14(17)11-18/h5-8,14,18H,1-4,9-11H2. The maximum Gasteiger partial charge on any atom is 0.176 e. The van der Waals surface area contributed by atoms with Crippen molar-refractivity contribution < 1.29 is 14.3 Å². The third kappa shape index (κ3) is 3.85. The van der Waals surface area contributed by atoms with E-state index in [-0.39, 0.29) is 24.2 Å². The van der Waals surface area contributed by atoms with E-state index in [1.54, 1.807) is 0 Å². The lowest BCUT2D eigenvalue weighted by atomic mass is 10.1. The van der Waals surface area contributed by atoms with Crippen LogP contribution in [0.4, 0.5) is 4.39 Å². The van der Waals surface area contributed by atoms with Crippen LogP contribution in [0.2, 0.25) is 0 Å². The highest BCUT2D eigenvalue weighted by molar-refractivity contribution is 5.97. The summed E-state index contributed by atoms with van der Waals surface area (Å²) in [6, 6.07) is 5.72. The van der Waals surface area contributed by atoms with Crippen molar-refractivity contribution >= 4 is 5.78 Å². The van der Waals surface area contributed by atoms with E-state index in [0.29, 0.717) is 12.1 Å². The molecule has 1 N–H and O–H groups in total. The molecule has 0 bridgehead atoms. The number of hydrogen-bond acceptors (Lipinski definition) is 3. The first-order valence-electron chi connectivity index (χ1n) is 6.84. The molecule has 1 aliphatic heterocycles. The largest absolute Gasteiger partial charge is 0.395 e. The zero-order valence-corrected chi connectivity index (χ0v) is 11.0. The Morgan fingerprint density at radius 2 is 2.00 bits per heavy atom. The second-order valence-electron chi connectivity index (χ2n) is 5.09. The summed E-state index contributed by atoms with van der Waals surface area (Å²) >= 11 is 0. The van der Waals surface area contributed by atoms with Gasteiger partial charge in [-0.3, -0.25) is 9.69 Å². The molecule has 1 aliphatic rings. The number of aliphatic hydroxyl groups is 1. The molecule has 1 aromatic carbocycles. The zero-order chi connectivity index (χ0) is 13.7. The lowest BCUT2D eigenvalue weighted by Crippen LogP contribution is -2.40. The van der Waals surface area contributed by atoms with Gasteiger partial charge < -0.3 is 5.11 Å². The first-order valence-corrected chi connectivity index (χ1v) is 6.84. The Bertz CT molecular complexity index is 419. The van der Waals surface area contributed by atoms with Crippen molar-refractivity contribution in [2.75, 3.05) is 19.7 Å². The van der Waals surface area contributed by atoms with E-state index in [9.17, 15) is 14.3 Å². The average Bonchev–Trinajstić information content (AvgIpc) is 2.64. The molecule has 0 spiro atoms. The van der Waals surface area contributed by atoms with Crippen molar-refractivity contribution in [3.8, 4) is 0 Å². The van der Waals surface area contributed by atoms with Gasteiger partial charge in [0.15, 0.2) is 5.78 Å². The Morgan fingerprint density at radius 3 is 2.68 bits per heavy atom. The molecule has 2 rings (SSSR count). The molecule has 0 saturated carbocycles. The van der Waals surface area contributed by atoms with Gasteiger partial charge in [0.05, 0.1) is 13.2 Å². The van der Waals surface area contributed by atoms with Gasteiger partial charge in [0.2, 0.25) is 0 Å². The molecule has 104 valence electrons. The molecular formula is C15H20FNO2. The van der Waals surface area contributed by atoms with Crippen molar-refractivity contribution in [2.45, 2.75) is 31.7 Å². The number of carbonyl (C=O) groups is 1.